The third-order valence-electron chi connectivity index (χ3n) is 0.833. The molecule has 0 amide bonds. The van der Waals surface area contributed by atoms with Crippen LogP contribution in [0.5, 0.6) is 0 Å². The van der Waals surface area contributed by atoms with Crippen LogP contribution in [0.1, 0.15) is 27.7 Å². The van der Waals surface area contributed by atoms with Crippen molar-refractivity contribution < 1.29 is 9.78 Å². The molecule has 5 heteroatoms. The lowest BCUT2D eigenvalue weighted by Gasteiger charge is -2.29. The van der Waals surface area contributed by atoms with E-state index in [-0.39, 0.29) is 12.1 Å². The summed E-state index contributed by atoms with van der Waals surface area (Å²) in [5, 5.41) is 11.1. The second-order valence-corrected chi connectivity index (χ2v) is 2.72. The normalized spacial score (nSPS) is 12.0. The van der Waals surface area contributed by atoms with Crippen molar-refractivity contribution in [2.75, 3.05) is 0 Å². The Morgan fingerprint density at radius 2 is 1.82 bits per heavy atom. The molecule has 5 nitrogen and oxygen atoms in total. The fraction of sp³-hybridized carbons (Fsp3) is 1.00. The summed E-state index contributed by atoms with van der Waals surface area (Å²) in [6, 6.07) is -0.224. The molecular weight excluding hydrogens is 148 g/mol. The highest BCUT2D eigenvalue weighted by atomic mass is 17.1. The second-order valence-electron chi connectivity index (χ2n) is 2.72. The van der Waals surface area contributed by atoms with E-state index >= 15 is 0 Å². The number of rotatable bonds is 5. The summed E-state index contributed by atoms with van der Waals surface area (Å²) >= 11 is 0. The second kappa shape index (κ2) is 5.45. The van der Waals surface area contributed by atoms with E-state index in [1.54, 1.807) is 13.8 Å². The van der Waals surface area contributed by atoms with Gasteiger partial charge in [0.05, 0.1) is 6.10 Å². The molecule has 0 aliphatic heterocycles. The number of hydrogen-bond acceptors (Lipinski definition) is 5. The molecular formula is C6H15N2O3-. The van der Waals surface area contributed by atoms with Gasteiger partial charge in [0.25, 0.3) is 0 Å². The van der Waals surface area contributed by atoms with E-state index < -0.39 is 0 Å². The molecule has 11 heavy (non-hydrogen) atoms. The third-order valence-corrected chi connectivity index (χ3v) is 0.833. The summed E-state index contributed by atoms with van der Waals surface area (Å²) < 4.78 is 0. The molecule has 68 valence electrons. The first-order chi connectivity index (χ1) is 5.04. The summed E-state index contributed by atoms with van der Waals surface area (Å²) in [5.74, 6) is 0. The molecule has 0 radical (unpaired) electrons. The summed E-state index contributed by atoms with van der Waals surface area (Å²) in [6.45, 7) is 7.07. The van der Waals surface area contributed by atoms with E-state index in [1.807, 2.05) is 13.8 Å². The molecule has 0 rings (SSSR count). The van der Waals surface area contributed by atoms with Gasteiger partial charge < -0.3 is 5.21 Å². The Hall–Kier alpha value is -0.200. The van der Waals surface area contributed by atoms with Crippen molar-refractivity contribution in [3.05, 3.63) is 5.21 Å². The van der Waals surface area contributed by atoms with E-state index in [0.717, 1.165) is 0 Å². The highest BCUT2D eigenvalue weighted by molar-refractivity contribution is 4.48. The van der Waals surface area contributed by atoms with E-state index in [2.05, 4.69) is 10.6 Å². The minimum atomic E-state index is -0.224. The Labute approximate surface area is 66.7 Å². The fourth-order valence-corrected chi connectivity index (χ4v) is 0.260. The van der Waals surface area contributed by atoms with Crippen LogP contribution < -0.4 is 5.64 Å². The number of hydroxylamine groups is 2. The smallest absolute Gasteiger partial charge is 0.0761 e. The maximum absolute atomic E-state index is 10.7. The van der Waals surface area contributed by atoms with Crippen LogP contribution >= 0.6 is 0 Å². The Morgan fingerprint density at radius 3 is 2.18 bits per heavy atom. The SMILES string of the molecule is CC(C)ONON([O-])C(C)C. The number of nitrogens with one attached hydrogen (secondary N) is 1. The van der Waals surface area contributed by atoms with Crippen molar-refractivity contribution in [1.29, 1.82) is 0 Å². The van der Waals surface area contributed by atoms with Crippen molar-refractivity contribution in [1.82, 2.24) is 10.9 Å². The largest absolute Gasteiger partial charge is 0.760 e. The van der Waals surface area contributed by atoms with Crippen molar-refractivity contribution in [2.24, 2.45) is 0 Å². The first-order valence-electron chi connectivity index (χ1n) is 3.58. The topological polar surface area (TPSA) is 56.8 Å². The third kappa shape index (κ3) is 6.21. The quantitative estimate of drug-likeness (QED) is 0.612. The van der Waals surface area contributed by atoms with Crippen molar-refractivity contribution in [3.8, 4) is 0 Å². The molecule has 0 aliphatic carbocycles. The summed E-state index contributed by atoms with van der Waals surface area (Å²) in [6.07, 6.45) is -0.0180. The van der Waals surface area contributed by atoms with E-state index in [9.17, 15) is 5.21 Å². The molecule has 0 spiro atoms. The van der Waals surface area contributed by atoms with Crippen LogP contribution in [0.4, 0.5) is 0 Å². The van der Waals surface area contributed by atoms with Crippen LogP contribution in [0.25, 0.3) is 0 Å². The molecule has 0 saturated carbocycles. The lowest BCUT2D eigenvalue weighted by molar-refractivity contribution is -0.304. The van der Waals surface area contributed by atoms with Gasteiger partial charge in [0, 0.05) is 6.04 Å². The minimum absolute atomic E-state index is 0.0180. The molecule has 0 atom stereocenters. The zero-order valence-corrected chi connectivity index (χ0v) is 7.33. The van der Waals surface area contributed by atoms with Crippen LogP contribution in [-0.4, -0.2) is 17.4 Å². The maximum Gasteiger partial charge on any atom is 0.0761 e. The monoisotopic (exact) mass is 163 g/mol. The van der Waals surface area contributed by atoms with E-state index in [1.165, 1.54) is 0 Å². The standard InChI is InChI=1S/C6H15N2O3/c1-5(2)8(9)11-7-10-6(3)4/h5-7H,1-4H3/q-1. The highest BCUT2D eigenvalue weighted by Crippen LogP contribution is 1.93. The molecule has 0 heterocycles. The average molecular weight is 163 g/mol. The lowest BCUT2D eigenvalue weighted by Crippen LogP contribution is -2.33. The molecule has 0 aliphatic rings. The summed E-state index contributed by atoms with van der Waals surface area (Å²) in [5.41, 5.74) is 2.08. The van der Waals surface area contributed by atoms with Gasteiger partial charge in [-0.05, 0) is 27.7 Å². The molecule has 0 fully saturated rings. The predicted octanol–water partition coefficient (Wildman–Crippen LogP) is 0.971. The zero-order chi connectivity index (χ0) is 8.85. The van der Waals surface area contributed by atoms with Gasteiger partial charge in [0.1, 0.15) is 0 Å². The van der Waals surface area contributed by atoms with Gasteiger partial charge in [-0.25, -0.2) is 5.23 Å². The number of hydrogen-bond donors (Lipinski definition) is 1. The lowest BCUT2D eigenvalue weighted by atomic mass is 10.4. The molecule has 0 unspecified atom stereocenters. The Morgan fingerprint density at radius 1 is 1.27 bits per heavy atom. The van der Waals surface area contributed by atoms with Gasteiger partial charge >= 0.3 is 0 Å². The van der Waals surface area contributed by atoms with Crippen molar-refractivity contribution in [3.63, 3.8) is 0 Å². The minimum Gasteiger partial charge on any atom is -0.760 e. The van der Waals surface area contributed by atoms with Crippen molar-refractivity contribution in [2.45, 2.75) is 39.8 Å². The van der Waals surface area contributed by atoms with Gasteiger partial charge in [-0.15, -0.1) is 0 Å². The van der Waals surface area contributed by atoms with Gasteiger partial charge in [0.15, 0.2) is 0 Å². The first kappa shape index (κ1) is 10.8. The maximum atomic E-state index is 10.7. The molecule has 0 aromatic carbocycles. The Kier molecular flexibility index (Phi) is 5.35. The average Bonchev–Trinajstić information content (AvgIpc) is 1.86. The first-order valence-corrected chi connectivity index (χ1v) is 3.58. The Bertz CT molecular complexity index is 97.8. The van der Waals surface area contributed by atoms with E-state index in [4.69, 9.17) is 4.84 Å². The van der Waals surface area contributed by atoms with Crippen LogP contribution in [0.2, 0.25) is 0 Å². The van der Waals surface area contributed by atoms with Crippen LogP contribution in [0.3, 0.4) is 0 Å². The van der Waals surface area contributed by atoms with Gasteiger partial charge in [-0.3, -0.25) is 4.84 Å². The zero-order valence-electron chi connectivity index (χ0n) is 7.33. The predicted molar refractivity (Wildman–Crippen MR) is 40.8 cm³/mol. The molecule has 1 N–H and O–H groups in total. The summed E-state index contributed by atoms with van der Waals surface area (Å²) in [7, 11) is 0. The van der Waals surface area contributed by atoms with E-state index in [0.29, 0.717) is 5.23 Å². The summed E-state index contributed by atoms with van der Waals surface area (Å²) in [4.78, 5) is 9.17. The Balaban J connectivity index is 3.24. The van der Waals surface area contributed by atoms with Gasteiger partial charge in [0.2, 0.25) is 0 Å². The van der Waals surface area contributed by atoms with Crippen LogP contribution in [-0.2, 0) is 9.78 Å². The van der Waals surface area contributed by atoms with Crippen molar-refractivity contribution >= 4 is 0 Å². The number of nitrogens with zero attached hydrogens (tertiary/aromatic N) is 1. The molecule has 0 aromatic heterocycles. The van der Waals surface area contributed by atoms with Crippen LogP contribution in [0.15, 0.2) is 0 Å². The molecule has 0 bridgehead atoms. The van der Waals surface area contributed by atoms with Gasteiger partial charge in [-0.2, -0.15) is 4.94 Å². The molecule has 0 aromatic rings. The van der Waals surface area contributed by atoms with Crippen LogP contribution in [0, 0.1) is 5.21 Å². The van der Waals surface area contributed by atoms with Gasteiger partial charge in [-0.1, -0.05) is 5.64 Å². The molecule has 0 saturated heterocycles. The fourth-order valence-electron chi connectivity index (χ4n) is 0.260. The highest BCUT2D eigenvalue weighted by Gasteiger charge is 1.97.